The van der Waals surface area contributed by atoms with Crippen LogP contribution in [0.3, 0.4) is 0 Å². The second kappa shape index (κ2) is 7.83. The van der Waals surface area contributed by atoms with Crippen molar-refractivity contribution in [2.45, 2.75) is 13.8 Å². The summed E-state index contributed by atoms with van der Waals surface area (Å²) < 4.78 is 4.83. The summed E-state index contributed by atoms with van der Waals surface area (Å²) in [5, 5.41) is 24.0. The predicted molar refractivity (Wildman–Crippen MR) is 81.0 cm³/mol. The molecule has 0 fully saturated rings. The molecule has 0 spiro atoms. The molecule has 0 radical (unpaired) electrons. The van der Waals surface area contributed by atoms with E-state index in [4.69, 9.17) is 10.00 Å². The van der Waals surface area contributed by atoms with E-state index in [-0.39, 0.29) is 11.7 Å². The van der Waals surface area contributed by atoms with Gasteiger partial charge < -0.3 is 15.4 Å². The molecule has 0 bridgehead atoms. The van der Waals surface area contributed by atoms with Crippen molar-refractivity contribution < 1.29 is 14.3 Å². The molecule has 0 unspecified atom stereocenters. The summed E-state index contributed by atoms with van der Waals surface area (Å²) in [5.41, 5.74) is -0.575. The lowest BCUT2D eigenvalue weighted by atomic mass is 9.72. The maximum Gasteiger partial charge on any atom is 0.243 e. The third kappa shape index (κ3) is 4.00. The van der Waals surface area contributed by atoms with Crippen molar-refractivity contribution in [3.63, 3.8) is 0 Å². The molecule has 1 atom stereocenters. The Bertz CT molecular complexity index is 572. The molecule has 2 N–H and O–H groups in total. The number of hydrogen-bond acceptors (Lipinski definition) is 6. The minimum Gasteiger partial charge on any atom is -0.383 e. The standard InChI is InChI=1S/C14H18N4O3S/c1-14(2)9(6-15)12(20)18-13(10(14)7-16)22-8-11(19)17-4-5-21-3/h9H,4-5,8H2,1-3H3,(H,17,19)(H,18,20)/t9-/m0/s1. The molecule has 0 aliphatic carbocycles. The molecule has 1 aliphatic rings. The summed E-state index contributed by atoms with van der Waals surface area (Å²) in [6.07, 6.45) is 0. The van der Waals surface area contributed by atoms with Gasteiger partial charge in [0, 0.05) is 19.1 Å². The van der Waals surface area contributed by atoms with Crippen molar-refractivity contribution in [3.8, 4) is 12.1 Å². The number of nitrogens with zero attached hydrogens (tertiary/aromatic N) is 2. The van der Waals surface area contributed by atoms with Gasteiger partial charge in [0.1, 0.15) is 5.92 Å². The molecule has 8 heteroatoms. The van der Waals surface area contributed by atoms with Crippen LogP contribution >= 0.6 is 11.8 Å². The van der Waals surface area contributed by atoms with Crippen molar-refractivity contribution in [2.24, 2.45) is 11.3 Å². The average Bonchev–Trinajstić information content (AvgIpc) is 2.44. The van der Waals surface area contributed by atoms with E-state index in [0.29, 0.717) is 23.8 Å². The van der Waals surface area contributed by atoms with Crippen LogP contribution in [0.4, 0.5) is 0 Å². The van der Waals surface area contributed by atoms with Gasteiger partial charge in [-0.25, -0.2) is 0 Å². The van der Waals surface area contributed by atoms with Gasteiger partial charge in [-0.1, -0.05) is 25.6 Å². The van der Waals surface area contributed by atoms with Gasteiger partial charge in [0.15, 0.2) is 0 Å². The molecule has 1 rings (SSSR count). The monoisotopic (exact) mass is 322 g/mol. The van der Waals surface area contributed by atoms with E-state index in [1.807, 2.05) is 12.1 Å². The molecular formula is C14H18N4O3S. The first-order chi connectivity index (χ1) is 10.4. The largest absolute Gasteiger partial charge is 0.383 e. The molecule has 0 aromatic heterocycles. The Morgan fingerprint density at radius 1 is 1.50 bits per heavy atom. The Morgan fingerprint density at radius 3 is 2.73 bits per heavy atom. The lowest BCUT2D eigenvalue weighted by Gasteiger charge is -2.34. The van der Waals surface area contributed by atoms with Crippen molar-refractivity contribution in [1.29, 1.82) is 10.5 Å². The third-order valence-corrected chi connectivity index (χ3v) is 4.31. The topological polar surface area (TPSA) is 115 Å². The fraction of sp³-hybridized carbons (Fsp3) is 0.571. The summed E-state index contributed by atoms with van der Waals surface area (Å²) in [5.74, 6) is -1.53. The zero-order valence-corrected chi connectivity index (χ0v) is 13.5. The number of nitriles is 2. The summed E-state index contributed by atoms with van der Waals surface area (Å²) >= 11 is 1.08. The Labute approximate surface area is 133 Å². The van der Waals surface area contributed by atoms with Crippen LogP contribution < -0.4 is 10.6 Å². The van der Waals surface area contributed by atoms with E-state index in [9.17, 15) is 14.9 Å². The Kier molecular flexibility index (Phi) is 6.41. The maximum absolute atomic E-state index is 12.0. The first-order valence-electron chi connectivity index (χ1n) is 6.62. The number of methoxy groups -OCH3 is 1. The molecule has 7 nitrogen and oxygen atoms in total. The van der Waals surface area contributed by atoms with Gasteiger partial charge in [-0.3, -0.25) is 9.59 Å². The Balaban J connectivity index is 2.82. The van der Waals surface area contributed by atoms with Gasteiger partial charge in [-0.15, -0.1) is 0 Å². The smallest absolute Gasteiger partial charge is 0.243 e. The summed E-state index contributed by atoms with van der Waals surface area (Å²) in [6, 6.07) is 3.97. The second-order valence-electron chi connectivity index (χ2n) is 5.22. The lowest BCUT2D eigenvalue weighted by Crippen LogP contribution is -2.44. The van der Waals surface area contributed by atoms with Gasteiger partial charge in [0.25, 0.3) is 0 Å². The van der Waals surface area contributed by atoms with Crippen molar-refractivity contribution in [2.75, 3.05) is 26.0 Å². The zero-order valence-electron chi connectivity index (χ0n) is 12.7. The normalized spacial score (nSPS) is 19.9. The van der Waals surface area contributed by atoms with Crippen molar-refractivity contribution in [3.05, 3.63) is 10.6 Å². The van der Waals surface area contributed by atoms with Crippen LogP contribution in [0, 0.1) is 34.0 Å². The van der Waals surface area contributed by atoms with Gasteiger partial charge in [-0.05, 0) is 0 Å². The van der Waals surface area contributed by atoms with Crippen LogP contribution in [0.2, 0.25) is 0 Å². The van der Waals surface area contributed by atoms with E-state index in [0.717, 1.165) is 11.8 Å². The van der Waals surface area contributed by atoms with Crippen LogP contribution in [-0.4, -0.2) is 37.8 Å². The highest BCUT2D eigenvalue weighted by Gasteiger charge is 2.44. The van der Waals surface area contributed by atoms with Crippen LogP contribution in [0.25, 0.3) is 0 Å². The number of carbonyl (C=O) groups excluding carboxylic acids is 2. The number of allylic oxidation sites excluding steroid dienone is 1. The van der Waals surface area contributed by atoms with E-state index < -0.39 is 17.2 Å². The highest BCUT2D eigenvalue weighted by atomic mass is 32.2. The Hall–Kier alpha value is -2.03. The summed E-state index contributed by atoms with van der Waals surface area (Å²) in [6.45, 7) is 4.17. The minimum absolute atomic E-state index is 0.0673. The molecule has 22 heavy (non-hydrogen) atoms. The summed E-state index contributed by atoms with van der Waals surface area (Å²) in [7, 11) is 1.54. The second-order valence-corrected chi connectivity index (χ2v) is 6.21. The highest BCUT2D eigenvalue weighted by Crippen LogP contribution is 2.41. The molecule has 0 saturated heterocycles. The summed E-state index contributed by atoms with van der Waals surface area (Å²) in [4.78, 5) is 23.6. The predicted octanol–water partition coefficient (Wildman–Crippen LogP) is 0.513. The molecule has 0 saturated carbocycles. The minimum atomic E-state index is -0.929. The third-order valence-electron chi connectivity index (χ3n) is 3.31. The van der Waals surface area contributed by atoms with Crippen LogP contribution in [0.1, 0.15) is 13.8 Å². The quantitative estimate of drug-likeness (QED) is 0.689. The lowest BCUT2D eigenvalue weighted by molar-refractivity contribution is -0.125. The van der Waals surface area contributed by atoms with Crippen molar-refractivity contribution in [1.82, 2.24) is 10.6 Å². The Morgan fingerprint density at radius 2 is 2.18 bits per heavy atom. The molecule has 2 amide bonds. The van der Waals surface area contributed by atoms with Gasteiger partial charge in [0.05, 0.1) is 35.1 Å². The number of ether oxygens (including phenoxy) is 1. The van der Waals surface area contributed by atoms with Gasteiger partial charge in [0.2, 0.25) is 11.8 Å². The van der Waals surface area contributed by atoms with Crippen molar-refractivity contribution >= 4 is 23.6 Å². The first-order valence-corrected chi connectivity index (χ1v) is 7.60. The number of hydrogen-bond donors (Lipinski definition) is 2. The van der Waals surface area contributed by atoms with Crippen LogP contribution in [0.5, 0.6) is 0 Å². The van der Waals surface area contributed by atoms with Gasteiger partial charge >= 0.3 is 0 Å². The fourth-order valence-corrected chi connectivity index (χ4v) is 3.02. The fourth-order valence-electron chi connectivity index (χ4n) is 2.02. The number of carbonyl (C=O) groups is 2. The molecule has 0 aromatic rings. The first kappa shape index (κ1) is 18.0. The van der Waals surface area contributed by atoms with Crippen LogP contribution in [0.15, 0.2) is 10.6 Å². The zero-order chi connectivity index (χ0) is 16.8. The number of amides is 2. The van der Waals surface area contributed by atoms with Gasteiger partial charge in [-0.2, -0.15) is 10.5 Å². The molecule has 0 aromatic carbocycles. The van der Waals surface area contributed by atoms with E-state index >= 15 is 0 Å². The number of nitrogens with one attached hydrogen (secondary N) is 2. The van der Waals surface area contributed by atoms with E-state index in [2.05, 4.69) is 10.6 Å². The molecule has 1 heterocycles. The maximum atomic E-state index is 12.0. The van der Waals surface area contributed by atoms with Crippen LogP contribution in [-0.2, 0) is 14.3 Å². The molecule has 1 aliphatic heterocycles. The average molecular weight is 322 g/mol. The SMILES string of the molecule is COCCNC(=O)CSC1=C(C#N)C(C)(C)[C@@H](C#N)C(=O)N1. The number of thioether (sulfide) groups is 1. The molecular weight excluding hydrogens is 304 g/mol. The highest BCUT2D eigenvalue weighted by molar-refractivity contribution is 8.03. The molecule has 118 valence electrons. The van der Waals surface area contributed by atoms with E-state index in [1.54, 1.807) is 13.8 Å². The van der Waals surface area contributed by atoms with E-state index in [1.165, 1.54) is 7.11 Å². The number of rotatable bonds is 6.